The largest absolute Gasteiger partial charge is 0.481 e. The number of hydrogen-bond acceptors (Lipinski definition) is 10. The average Bonchev–Trinajstić information content (AvgIpc) is 3.86. The van der Waals surface area contributed by atoms with Gasteiger partial charge in [0.1, 0.15) is 0 Å². The average molecular weight is 1210 g/mol. The second-order valence-corrected chi connectivity index (χ2v) is 40.0. The topological polar surface area (TPSA) is 153 Å². The van der Waals surface area contributed by atoms with E-state index in [4.69, 9.17) is 32.6 Å². The maximum atomic E-state index is 10.5. The molecule has 0 unspecified atom stereocenters. The molecule has 3 heterocycles. The van der Waals surface area contributed by atoms with Crippen LogP contribution in [0.1, 0.15) is 183 Å². The summed E-state index contributed by atoms with van der Waals surface area (Å²) in [7, 11) is -5.45. The first-order valence-corrected chi connectivity index (χ1v) is 41.1. The van der Waals surface area contributed by atoms with Gasteiger partial charge in [0.05, 0.1) is 50.3 Å². The van der Waals surface area contributed by atoms with Crippen molar-refractivity contribution in [2.24, 2.45) is 29.1 Å². The third-order valence-corrected chi connectivity index (χ3v) is 34.6. The predicted octanol–water partition coefficient (Wildman–Crippen LogP) is 16.4. The van der Waals surface area contributed by atoms with Crippen molar-refractivity contribution >= 4 is 30.9 Å². The molecule has 83 heavy (non-hydrogen) atoms. The summed E-state index contributed by atoms with van der Waals surface area (Å²) in [6.45, 7) is 25.8. The van der Waals surface area contributed by atoms with Crippen molar-refractivity contribution in [2.75, 3.05) is 19.8 Å². The van der Waals surface area contributed by atoms with Crippen LogP contribution in [-0.4, -0.2) is 114 Å². The van der Waals surface area contributed by atoms with Gasteiger partial charge < -0.3 is 47.9 Å². The zero-order valence-electron chi connectivity index (χ0n) is 53.7. The highest BCUT2D eigenvalue weighted by Gasteiger charge is 2.51. The summed E-state index contributed by atoms with van der Waals surface area (Å²) in [5.41, 5.74) is 2.64. The number of carboxylic acids is 1. The van der Waals surface area contributed by atoms with Crippen LogP contribution < -0.4 is 0 Å². The van der Waals surface area contributed by atoms with Crippen molar-refractivity contribution in [3.63, 3.8) is 0 Å². The Labute approximate surface area is 507 Å². The number of hydrogen-bond donors (Lipinski definition) is 4. The van der Waals surface area contributed by atoms with E-state index in [9.17, 15) is 20.1 Å². The molecule has 5 aliphatic rings. The lowest BCUT2D eigenvalue weighted by atomic mass is 9.85. The van der Waals surface area contributed by atoms with Crippen molar-refractivity contribution in [1.29, 1.82) is 0 Å². The molecule has 11 nitrogen and oxygen atoms in total. The summed E-state index contributed by atoms with van der Waals surface area (Å²) >= 11 is 0. The van der Waals surface area contributed by atoms with E-state index >= 15 is 0 Å². The van der Waals surface area contributed by atoms with Gasteiger partial charge in [0.15, 0.2) is 25.0 Å². The van der Waals surface area contributed by atoms with E-state index in [0.29, 0.717) is 56.8 Å². The van der Waals surface area contributed by atoms with Crippen molar-refractivity contribution in [3.8, 4) is 0 Å². The second-order valence-electron chi connectivity index (χ2n) is 25.9. The summed E-state index contributed by atoms with van der Waals surface area (Å²) in [6, 6.07) is 31.9. The standard InChI is InChI=1S/C46H84O6Si3.C23H34O5/c1-11-53(12-2,13-3)50-40(31-30-39-27-23-22-24-28-39)32-33-42-41(29-25-20-21-26-34-46-47-36-45(10,37-48-46)38-49-46)43(51-54(14-4,15-5)16-6)35-44(42)52-55(17-7,18-8)19-9;24-18(13-12-17-8-4-3-5-9-17)14-15-20-19(21(25)16-22(20)26)10-6-1-2-7-11-23(27)28/h20,22-25,27-28,40-44H,11-19,21,26,29-38H2,1-10H3;1,3-6,8-9,18-22,24-26H,2,7,10-16H2,(H,27,28)/b25-20-;6-1-/t40-,41+,42+,43-,44+,45?,46?;18-,19+,20+,21-,22+/m00/s1. The highest BCUT2D eigenvalue weighted by atomic mass is 28.4. The van der Waals surface area contributed by atoms with Gasteiger partial charge in [0.2, 0.25) is 0 Å². The summed E-state index contributed by atoms with van der Waals surface area (Å²) in [5, 5.41) is 39.6. The van der Waals surface area contributed by atoms with Crippen LogP contribution in [0, 0.1) is 29.1 Å². The predicted molar refractivity (Wildman–Crippen MR) is 347 cm³/mol. The molecular formula is C69H118O11Si3. The number of aliphatic hydroxyl groups is 3. The number of rotatable bonds is 39. The lowest BCUT2D eigenvalue weighted by Crippen LogP contribution is -2.58. The van der Waals surface area contributed by atoms with Crippen LogP contribution in [-0.2, 0) is 45.1 Å². The number of carbonyl (C=O) groups is 1. The highest BCUT2D eigenvalue weighted by Crippen LogP contribution is 2.47. The highest BCUT2D eigenvalue weighted by molar-refractivity contribution is 6.74. The van der Waals surface area contributed by atoms with Crippen LogP contribution in [0.4, 0.5) is 0 Å². The summed E-state index contributed by atoms with van der Waals surface area (Å²) in [4.78, 5) is 10.5. The van der Waals surface area contributed by atoms with E-state index in [1.165, 1.54) is 65.5 Å². The third-order valence-electron chi connectivity index (χ3n) is 20.6. The molecule has 10 atom stereocenters. The second kappa shape index (κ2) is 36.2. The summed E-state index contributed by atoms with van der Waals surface area (Å²) in [5.74, 6) is -0.703. The Morgan fingerprint density at radius 2 is 1.04 bits per heavy atom. The van der Waals surface area contributed by atoms with E-state index in [1.807, 2.05) is 30.4 Å². The molecule has 2 aromatic carbocycles. The van der Waals surface area contributed by atoms with Crippen molar-refractivity contribution in [2.45, 2.75) is 282 Å². The van der Waals surface area contributed by atoms with Crippen molar-refractivity contribution in [1.82, 2.24) is 0 Å². The molecule has 3 aliphatic heterocycles. The van der Waals surface area contributed by atoms with Crippen LogP contribution in [0.5, 0.6) is 0 Å². The van der Waals surface area contributed by atoms with Crippen LogP contribution >= 0.6 is 0 Å². The normalized spacial score (nSPS) is 27.3. The number of aryl methyl sites for hydroxylation is 2. The molecule has 7 rings (SSSR count). The van der Waals surface area contributed by atoms with E-state index in [1.54, 1.807) is 0 Å². The molecule has 0 radical (unpaired) electrons. The van der Waals surface area contributed by atoms with Gasteiger partial charge >= 0.3 is 5.97 Å². The first kappa shape index (κ1) is 71.4. The zero-order chi connectivity index (χ0) is 60.4. The first-order valence-electron chi connectivity index (χ1n) is 33.5. The fourth-order valence-electron chi connectivity index (χ4n) is 14.0. The molecule has 0 aromatic heterocycles. The fourth-order valence-corrected chi connectivity index (χ4v) is 22.8. The number of ether oxygens (including phenoxy) is 3. The number of benzene rings is 2. The lowest BCUT2D eigenvalue weighted by Gasteiger charge is -2.50. The number of aliphatic carboxylic acids is 1. The maximum Gasteiger partial charge on any atom is 0.303 e. The van der Waals surface area contributed by atoms with Gasteiger partial charge in [0.25, 0.3) is 5.97 Å². The van der Waals surface area contributed by atoms with Gasteiger partial charge in [-0.2, -0.15) is 0 Å². The van der Waals surface area contributed by atoms with E-state index in [0.717, 1.165) is 84.0 Å². The first-order chi connectivity index (χ1) is 39.9. The molecule has 2 aliphatic carbocycles. The minimum atomic E-state index is -1.84. The van der Waals surface area contributed by atoms with Gasteiger partial charge in [-0.15, -0.1) is 0 Å². The molecule has 2 saturated carbocycles. The minimum absolute atomic E-state index is 0.00206. The Bertz CT molecular complexity index is 2080. The van der Waals surface area contributed by atoms with E-state index in [-0.39, 0.29) is 42.0 Å². The van der Waals surface area contributed by atoms with Gasteiger partial charge in [-0.3, -0.25) is 4.79 Å². The summed E-state index contributed by atoms with van der Waals surface area (Å²) < 4.78 is 40.8. The Hall–Kier alpha value is -2.32. The molecule has 3 saturated heterocycles. The third kappa shape index (κ3) is 22.0. The maximum absolute atomic E-state index is 10.5. The Morgan fingerprint density at radius 1 is 0.578 bits per heavy atom. The molecule has 2 bridgehead atoms. The molecule has 0 amide bonds. The van der Waals surface area contributed by atoms with Gasteiger partial charge in [-0.05, 0) is 192 Å². The van der Waals surface area contributed by atoms with Gasteiger partial charge in [-0.25, -0.2) is 0 Å². The summed E-state index contributed by atoms with van der Waals surface area (Å²) in [6.07, 6.45) is 22.9. The Kier molecular flexibility index (Phi) is 31.2. The minimum Gasteiger partial charge on any atom is -0.481 e. The van der Waals surface area contributed by atoms with Gasteiger partial charge in [0, 0.05) is 24.4 Å². The van der Waals surface area contributed by atoms with Crippen LogP contribution in [0.15, 0.2) is 85.0 Å². The van der Waals surface area contributed by atoms with Crippen LogP contribution in [0.2, 0.25) is 54.4 Å². The zero-order valence-corrected chi connectivity index (χ0v) is 56.7. The molecule has 5 fully saturated rings. The molecule has 14 heteroatoms. The van der Waals surface area contributed by atoms with Crippen LogP contribution in [0.25, 0.3) is 0 Å². The molecule has 4 N–H and O–H groups in total. The Morgan fingerprint density at radius 3 is 1.54 bits per heavy atom. The number of allylic oxidation sites excluding steroid dienone is 4. The number of carboxylic acid groups (broad SMARTS) is 1. The fraction of sp³-hybridized carbons (Fsp3) is 0.754. The molecule has 0 spiro atoms. The smallest absolute Gasteiger partial charge is 0.303 e. The molecule has 472 valence electrons. The quantitative estimate of drug-likeness (QED) is 0.0287. The van der Waals surface area contributed by atoms with Crippen LogP contribution in [0.3, 0.4) is 0 Å². The van der Waals surface area contributed by atoms with Crippen molar-refractivity contribution in [3.05, 3.63) is 96.1 Å². The molecular weight excluding hydrogens is 1090 g/mol. The van der Waals surface area contributed by atoms with E-state index < -0.39 is 55.2 Å². The monoisotopic (exact) mass is 1210 g/mol. The number of aliphatic hydroxyl groups excluding tert-OH is 3. The Balaban J connectivity index is 0.000000377. The number of fused-ring (bicyclic) bond motifs is 3. The van der Waals surface area contributed by atoms with E-state index in [2.05, 4.69) is 124 Å². The number of unbranched alkanes of at least 4 members (excludes halogenated alkanes) is 2. The SMILES string of the molecule is CC[Si](CC)(CC)O[C@@H](CCc1ccccc1)CC[C@@H]1[C@@H](C/C=C\CCCC23OCC(C)(CO2)CO3)[C@@H](O[Si](CC)(CC)CC)C[C@H]1O[Si](CC)(CC)CC.O=C(O)CCC/C=C\C[C@@H]1[C@@H](CC[C@@H](O)CCc2ccccc2)[C@H](O)C[C@@H]1O. The van der Waals surface area contributed by atoms with Crippen molar-refractivity contribution < 1.29 is 52.7 Å². The van der Waals surface area contributed by atoms with Gasteiger partial charge in [-0.1, -0.05) is 154 Å². The lowest BCUT2D eigenvalue weighted by molar-refractivity contribution is -0.467. The molecule has 2 aromatic rings.